The minimum Gasteiger partial charge on any atom is -0.465 e. The van der Waals surface area contributed by atoms with Crippen molar-refractivity contribution in [2.45, 2.75) is 40.0 Å². The minimum atomic E-state index is -0.517. The van der Waals surface area contributed by atoms with Crippen molar-refractivity contribution in [1.82, 2.24) is 0 Å². The summed E-state index contributed by atoms with van der Waals surface area (Å²) in [4.78, 5) is 31.6. The van der Waals surface area contributed by atoms with Crippen molar-refractivity contribution in [3.05, 3.63) is 93.0 Å². The van der Waals surface area contributed by atoms with Crippen LogP contribution in [0.25, 0.3) is 11.3 Å². The molecule has 0 fully saturated rings. The van der Waals surface area contributed by atoms with E-state index in [1.165, 1.54) is 12.0 Å². The molecular formula is C32H31ClN2O4S. The van der Waals surface area contributed by atoms with E-state index in [0.29, 0.717) is 38.6 Å². The molecule has 0 saturated carbocycles. The number of hydrogen-bond acceptors (Lipinski definition) is 6. The quantitative estimate of drug-likeness (QED) is 0.185. The number of esters is 1. The summed E-state index contributed by atoms with van der Waals surface area (Å²) in [6.07, 6.45) is 4.47. The number of rotatable bonds is 6. The number of amides is 1. The largest absolute Gasteiger partial charge is 0.465 e. The van der Waals surface area contributed by atoms with Gasteiger partial charge in [0.15, 0.2) is 0 Å². The Hall–Kier alpha value is -3.68. The van der Waals surface area contributed by atoms with Crippen molar-refractivity contribution in [3.63, 3.8) is 0 Å². The number of hydrogen-bond donors (Lipinski definition) is 1. The zero-order chi connectivity index (χ0) is 28.4. The summed E-state index contributed by atoms with van der Waals surface area (Å²) in [7, 11) is 1.31. The highest BCUT2D eigenvalue weighted by Crippen LogP contribution is 2.45. The van der Waals surface area contributed by atoms with Crippen LogP contribution >= 0.6 is 22.9 Å². The number of nitrogens with zero attached hydrogens (tertiary/aromatic N) is 1. The summed E-state index contributed by atoms with van der Waals surface area (Å²) >= 11 is 7.75. The second-order valence-electron chi connectivity index (χ2n) is 11.0. The van der Waals surface area contributed by atoms with E-state index in [1.807, 2.05) is 36.4 Å². The number of halogens is 1. The van der Waals surface area contributed by atoms with Crippen LogP contribution in [0.3, 0.4) is 0 Å². The number of benzene rings is 2. The molecule has 5 rings (SSSR count). The normalized spacial score (nSPS) is 15.2. The van der Waals surface area contributed by atoms with Crippen LogP contribution < -0.4 is 5.32 Å². The molecule has 2 heterocycles. The molecule has 0 saturated heterocycles. The molecule has 2 aromatic carbocycles. The van der Waals surface area contributed by atoms with Gasteiger partial charge in [0.25, 0.3) is 5.91 Å². The third-order valence-electron chi connectivity index (χ3n) is 7.32. The molecule has 1 aliphatic rings. The van der Waals surface area contributed by atoms with Gasteiger partial charge in [0, 0.05) is 16.1 Å². The van der Waals surface area contributed by atoms with E-state index < -0.39 is 5.97 Å². The number of carbonyl (C=O) groups is 2. The topological polar surface area (TPSA) is 80.9 Å². The predicted molar refractivity (Wildman–Crippen MR) is 161 cm³/mol. The van der Waals surface area contributed by atoms with Gasteiger partial charge >= 0.3 is 5.97 Å². The third-order valence-corrected chi connectivity index (χ3v) is 8.81. The molecule has 1 aliphatic carbocycles. The van der Waals surface area contributed by atoms with Crippen LogP contribution in [0, 0.1) is 11.3 Å². The number of nitrogens with one attached hydrogen (secondary N) is 1. The molecule has 1 amide bonds. The van der Waals surface area contributed by atoms with E-state index in [1.54, 1.807) is 41.8 Å². The monoisotopic (exact) mass is 574 g/mol. The zero-order valence-electron chi connectivity index (χ0n) is 22.9. The van der Waals surface area contributed by atoms with Crippen molar-refractivity contribution in [3.8, 4) is 11.3 Å². The van der Waals surface area contributed by atoms with Crippen LogP contribution in [-0.2, 0) is 17.6 Å². The predicted octanol–water partition coefficient (Wildman–Crippen LogP) is 8.60. The number of ether oxygens (including phenoxy) is 1. The van der Waals surface area contributed by atoms with Crippen LogP contribution in [0.2, 0.25) is 5.02 Å². The number of para-hydroxylation sites is 1. The minimum absolute atomic E-state index is 0.151. The van der Waals surface area contributed by atoms with E-state index >= 15 is 0 Å². The number of thiophene rings is 1. The van der Waals surface area contributed by atoms with Gasteiger partial charge in [-0.3, -0.25) is 4.79 Å². The van der Waals surface area contributed by atoms with Gasteiger partial charge in [0.2, 0.25) is 0 Å². The van der Waals surface area contributed by atoms with Crippen LogP contribution in [0.1, 0.15) is 64.1 Å². The Morgan fingerprint density at radius 3 is 2.62 bits per heavy atom. The summed E-state index contributed by atoms with van der Waals surface area (Å²) in [5.41, 5.74) is 3.63. The third kappa shape index (κ3) is 5.91. The first-order valence-corrected chi connectivity index (χ1v) is 14.4. The SMILES string of the molecule is COC(=O)c1cc(-c2ccc(C=Nc3sc4c(c3C(=O)Nc3ccccc3)CC[C@H](C(C)(C)C)C4)o2)ccc1Cl. The number of methoxy groups -OCH3 is 1. The maximum atomic E-state index is 13.5. The molecule has 40 heavy (non-hydrogen) atoms. The Bertz CT molecular complexity index is 1580. The van der Waals surface area contributed by atoms with Gasteiger partial charge in [-0.25, -0.2) is 9.79 Å². The summed E-state index contributed by atoms with van der Waals surface area (Å²) in [5.74, 6) is 0.961. The molecule has 0 radical (unpaired) electrons. The van der Waals surface area contributed by atoms with Crippen LogP contribution in [0.4, 0.5) is 10.7 Å². The Kier molecular flexibility index (Phi) is 7.97. The first-order chi connectivity index (χ1) is 19.1. The molecule has 0 spiro atoms. The molecule has 4 aromatic rings. The van der Waals surface area contributed by atoms with Gasteiger partial charge in [0.05, 0.1) is 29.5 Å². The van der Waals surface area contributed by atoms with E-state index in [0.717, 1.165) is 30.5 Å². The van der Waals surface area contributed by atoms with Gasteiger partial charge in [-0.1, -0.05) is 50.6 Å². The van der Waals surface area contributed by atoms with Crippen molar-refractivity contribution < 1.29 is 18.7 Å². The van der Waals surface area contributed by atoms with Gasteiger partial charge in [-0.05, 0) is 78.6 Å². The lowest BCUT2D eigenvalue weighted by Crippen LogP contribution is -2.27. The number of furan rings is 1. The van der Waals surface area contributed by atoms with Crippen molar-refractivity contribution >= 4 is 51.7 Å². The smallest absolute Gasteiger partial charge is 0.339 e. The lowest BCUT2D eigenvalue weighted by molar-refractivity contribution is 0.0601. The number of fused-ring (bicyclic) bond motifs is 1. The summed E-state index contributed by atoms with van der Waals surface area (Å²) in [6.45, 7) is 6.84. The lowest BCUT2D eigenvalue weighted by atomic mass is 9.72. The van der Waals surface area contributed by atoms with Gasteiger partial charge in [-0.2, -0.15) is 0 Å². The number of carbonyl (C=O) groups excluding carboxylic acids is 2. The maximum absolute atomic E-state index is 13.5. The average Bonchev–Trinajstić information content (AvgIpc) is 3.56. The summed E-state index contributed by atoms with van der Waals surface area (Å²) in [6, 6.07) is 18.1. The van der Waals surface area contributed by atoms with Gasteiger partial charge < -0.3 is 14.5 Å². The van der Waals surface area contributed by atoms with E-state index in [9.17, 15) is 9.59 Å². The standard InChI is InChI=1S/C32H31ClN2O4S/c1-32(2,3)20-11-13-23-27(17-20)40-30(28(23)29(36)35-21-8-6-5-7-9-21)34-18-22-12-15-26(39-22)19-10-14-25(33)24(16-19)31(37)38-4/h5-10,12,14-16,18,20H,11,13,17H2,1-4H3,(H,35,36)/t20-/m0/s1. The summed E-state index contributed by atoms with van der Waals surface area (Å²) in [5, 5.41) is 4.02. The Morgan fingerprint density at radius 1 is 1.12 bits per heavy atom. The molecule has 2 aromatic heterocycles. The molecular weight excluding hydrogens is 544 g/mol. The molecule has 6 nitrogen and oxygen atoms in total. The molecule has 8 heteroatoms. The Morgan fingerprint density at radius 2 is 1.90 bits per heavy atom. The number of anilines is 1. The Balaban J connectivity index is 1.46. The van der Waals surface area contributed by atoms with Crippen molar-refractivity contribution in [1.29, 1.82) is 0 Å². The highest BCUT2D eigenvalue weighted by molar-refractivity contribution is 7.16. The molecule has 1 N–H and O–H groups in total. The zero-order valence-corrected chi connectivity index (χ0v) is 24.5. The van der Waals surface area contributed by atoms with E-state index in [2.05, 4.69) is 26.1 Å². The summed E-state index contributed by atoms with van der Waals surface area (Å²) < 4.78 is 10.8. The second-order valence-corrected chi connectivity index (χ2v) is 12.4. The molecule has 0 unspecified atom stereocenters. The van der Waals surface area contributed by atoms with Gasteiger partial charge in [-0.15, -0.1) is 11.3 Å². The first-order valence-electron chi connectivity index (χ1n) is 13.2. The Labute approximate surface area is 243 Å². The molecule has 206 valence electrons. The van der Waals surface area contributed by atoms with Gasteiger partial charge in [0.1, 0.15) is 16.5 Å². The fourth-order valence-electron chi connectivity index (χ4n) is 5.00. The molecule has 0 bridgehead atoms. The molecule has 0 aliphatic heterocycles. The van der Waals surface area contributed by atoms with E-state index in [4.69, 9.17) is 25.7 Å². The highest BCUT2D eigenvalue weighted by Gasteiger charge is 2.33. The fraction of sp³-hybridized carbons (Fsp3) is 0.281. The maximum Gasteiger partial charge on any atom is 0.339 e. The first kappa shape index (κ1) is 27.9. The van der Waals surface area contributed by atoms with Crippen molar-refractivity contribution in [2.24, 2.45) is 16.3 Å². The highest BCUT2D eigenvalue weighted by atomic mass is 35.5. The second kappa shape index (κ2) is 11.4. The number of aliphatic imine (C=N–C) groups is 1. The van der Waals surface area contributed by atoms with Crippen LogP contribution in [0.15, 0.2) is 70.1 Å². The van der Waals surface area contributed by atoms with Crippen molar-refractivity contribution in [2.75, 3.05) is 12.4 Å². The van der Waals surface area contributed by atoms with Crippen LogP contribution in [-0.4, -0.2) is 25.2 Å². The average molecular weight is 575 g/mol. The van der Waals surface area contributed by atoms with E-state index in [-0.39, 0.29) is 16.9 Å². The lowest BCUT2D eigenvalue weighted by Gasteiger charge is -2.33. The fourth-order valence-corrected chi connectivity index (χ4v) is 6.46. The van der Waals surface area contributed by atoms with Crippen LogP contribution in [0.5, 0.6) is 0 Å². The molecule has 1 atom stereocenters.